The largest absolute Gasteiger partial charge is 0.477 e. The topological polar surface area (TPSA) is 81.5 Å². The number of hydrogen-bond donors (Lipinski definition) is 1. The first-order valence-electron chi connectivity index (χ1n) is 10.1. The molecule has 4 fully saturated rings. The molecule has 6 nitrogen and oxygen atoms in total. The minimum atomic E-state index is -0.489. The van der Waals surface area contributed by atoms with Crippen LogP contribution >= 0.6 is 0 Å². The highest BCUT2D eigenvalue weighted by Crippen LogP contribution is 2.61. The summed E-state index contributed by atoms with van der Waals surface area (Å²) in [6.45, 7) is 1.96. The molecule has 1 aromatic carbocycles. The molecular formula is C21H28N2O4. The zero-order valence-corrected chi connectivity index (χ0v) is 15.9. The fraction of sp³-hybridized carbons (Fsp3) is 0.667. The number of amides is 1. The van der Waals surface area contributed by atoms with Gasteiger partial charge in [0.2, 0.25) is 0 Å². The maximum Gasteiger partial charge on any atom is 0.310 e. The number of carbonyl (C=O) groups excluding carboxylic acids is 1. The summed E-state index contributed by atoms with van der Waals surface area (Å²) in [5.41, 5.74) is 0.135. The molecule has 0 radical (unpaired) electrons. The molecule has 4 aliphatic rings. The molecule has 1 unspecified atom stereocenters. The first kappa shape index (κ1) is 18.3. The zero-order chi connectivity index (χ0) is 19.0. The van der Waals surface area contributed by atoms with E-state index >= 15 is 0 Å². The smallest absolute Gasteiger partial charge is 0.310 e. The maximum absolute atomic E-state index is 12.6. The number of rotatable bonds is 7. The number of nitro groups is 1. The lowest BCUT2D eigenvalue weighted by molar-refractivity contribution is -0.385. The number of carbonyl (C=O) groups is 1. The Balaban J connectivity index is 1.39. The summed E-state index contributed by atoms with van der Waals surface area (Å²) in [5.74, 6) is 2.47. The van der Waals surface area contributed by atoms with E-state index in [9.17, 15) is 14.9 Å². The molecule has 1 aromatic rings. The van der Waals surface area contributed by atoms with Crippen LogP contribution in [-0.2, 0) is 4.79 Å². The summed E-state index contributed by atoms with van der Waals surface area (Å²) in [4.78, 5) is 23.1. The number of nitro benzene ring substituents is 1. The van der Waals surface area contributed by atoms with E-state index in [0.717, 1.165) is 24.2 Å². The third kappa shape index (κ3) is 3.54. The molecule has 0 spiro atoms. The van der Waals surface area contributed by atoms with Crippen molar-refractivity contribution in [3.8, 4) is 5.75 Å². The lowest BCUT2D eigenvalue weighted by Crippen LogP contribution is -2.57. The van der Waals surface area contributed by atoms with Gasteiger partial charge in [-0.3, -0.25) is 14.9 Å². The van der Waals surface area contributed by atoms with Gasteiger partial charge in [-0.1, -0.05) is 19.1 Å². The van der Waals surface area contributed by atoms with E-state index in [2.05, 4.69) is 12.2 Å². The van der Waals surface area contributed by atoms with Crippen LogP contribution in [0.25, 0.3) is 0 Å². The van der Waals surface area contributed by atoms with Gasteiger partial charge in [0.25, 0.3) is 5.91 Å². The summed E-state index contributed by atoms with van der Waals surface area (Å²) in [6, 6.07) is 6.35. The van der Waals surface area contributed by atoms with Crippen LogP contribution in [0.2, 0.25) is 0 Å². The number of ether oxygens (including phenoxy) is 1. The number of benzene rings is 1. The average molecular weight is 372 g/mol. The Bertz CT molecular complexity index is 697. The first-order chi connectivity index (χ1) is 13.0. The van der Waals surface area contributed by atoms with Crippen LogP contribution in [0.1, 0.15) is 51.9 Å². The van der Waals surface area contributed by atoms with Crippen LogP contribution in [-0.4, -0.2) is 23.5 Å². The lowest BCUT2D eigenvalue weighted by atomic mass is 9.47. The zero-order valence-electron chi connectivity index (χ0n) is 15.9. The van der Waals surface area contributed by atoms with E-state index in [4.69, 9.17) is 4.74 Å². The summed E-state index contributed by atoms with van der Waals surface area (Å²) in [5, 5.41) is 14.3. The molecule has 27 heavy (non-hydrogen) atoms. The summed E-state index contributed by atoms with van der Waals surface area (Å²) in [7, 11) is 0. The van der Waals surface area contributed by atoms with Crippen molar-refractivity contribution in [3.63, 3.8) is 0 Å². The molecule has 1 amide bonds. The fourth-order valence-electron chi connectivity index (χ4n) is 6.40. The number of nitrogens with one attached hydrogen (secondary N) is 1. The second-order valence-corrected chi connectivity index (χ2v) is 8.82. The van der Waals surface area contributed by atoms with Gasteiger partial charge in [-0.2, -0.15) is 0 Å². The summed E-state index contributed by atoms with van der Waals surface area (Å²) < 4.78 is 5.47. The van der Waals surface area contributed by atoms with Gasteiger partial charge in [0.15, 0.2) is 12.4 Å². The van der Waals surface area contributed by atoms with Gasteiger partial charge in [-0.25, -0.2) is 0 Å². The summed E-state index contributed by atoms with van der Waals surface area (Å²) >= 11 is 0. The molecule has 0 aliphatic heterocycles. The van der Waals surface area contributed by atoms with E-state index in [1.54, 1.807) is 12.1 Å². The van der Waals surface area contributed by atoms with Crippen LogP contribution in [0.4, 0.5) is 5.69 Å². The molecule has 5 rings (SSSR count). The van der Waals surface area contributed by atoms with Gasteiger partial charge in [0.1, 0.15) is 0 Å². The fourth-order valence-corrected chi connectivity index (χ4v) is 6.40. The van der Waals surface area contributed by atoms with E-state index in [1.807, 2.05) is 0 Å². The third-order valence-corrected chi connectivity index (χ3v) is 6.99. The van der Waals surface area contributed by atoms with Crippen LogP contribution in [0.15, 0.2) is 24.3 Å². The molecule has 1 N–H and O–H groups in total. The van der Waals surface area contributed by atoms with Crippen molar-refractivity contribution in [1.82, 2.24) is 5.32 Å². The van der Waals surface area contributed by atoms with Crippen molar-refractivity contribution in [1.29, 1.82) is 0 Å². The van der Waals surface area contributed by atoms with Gasteiger partial charge in [-0.05, 0) is 74.2 Å². The van der Waals surface area contributed by atoms with Gasteiger partial charge < -0.3 is 10.1 Å². The minimum Gasteiger partial charge on any atom is -0.477 e. The second kappa shape index (κ2) is 7.13. The maximum atomic E-state index is 12.6. The van der Waals surface area contributed by atoms with Crippen molar-refractivity contribution in [2.24, 2.45) is 23.2 Å². The van der Waals surface area contributed by atoms with Crippen LogP contribution < -0.4 is 10.1 Å². The number of hydrogen-bond acceptors (Lipinski definition) is 4. The number of para-hydroxylation sites is 2. The molecule has 4 bridgehead atoms. The Kier molecular flexibility index (Phi) is 4.82. The minimum absolute atomic E-state index is 0.113. The van der Waals surface area contributed by atoms with E-state index < -0.39 is 4.92 Å². The third-order valence-electron chi connectivity index (χ3n) is 6.99. The van der Waals surface area contributed by atoms with Crippen LogP contribution in [0.3, 0.4) is 0 Å². The van der Waals surface area contributed by atoms with Crippen LogP contribution in [0.5, 0.6) is 5.75 Å². The first-order valence-corrected chi connectivity index (χ1v) is 10.1. The van der Waals surface area contributed by atoms with Crippen molar-refractivity contribution in [2.75, 3.05) is 6.61 Å². The normalized spacial score (nSPS) is 32.1. The highest BCUT2D eigenvalue weighted by Gasteiger charge is 2.54. The molecule has 4 aliphatic carbocycles. The van der Waals surface area contributed by atoms with Crippen molar-refractivity contribution in [2.45, 2.75) is 57.9 Å². The Labute approximate surface area is 159 Å². The lowest BCUT2D eigenvalue weighted by Gasteiger charge is -2.59. The molecular weight excluding hydrogens is 344 g/mol. The van der Waals surface area contributed by atoms with Crippen LogP contribution in [0, 0.1) is 33.3 Å². The Hall–Kier alpha value is -2.11. The summed E-state index contributed by atoms with van der Waals surface area (Å²) in [6.07, 6.45) is 8.77. The Morgan fingerprint density at radius 3 is 2.37 bits per heavy atom. The molecule has 6 heteroatoms. The predicted molar refractivity (Wildman–Crippen MR) is 101 cm³/mol. The van der Waals surface area contributed by atoms with E-state index in [1.165, 1.54) is 50.7 Å². The average Bonchev–Trinajstić information content (AvgIpc) is 2.63. The molecule has 0 aromatic heterocycles. The second-order valence-electron chi connectivity index (χ2n) is 8.82. The highest BCUT2D eigenvalue weighted by molar-refractivity contribution is 5.78. The molecule has 4 saturated carbocycles. The van der Waals surface area contributed by atoms with Gasteiger partial charge >= 0.3 is 5.69 Å². The highest BCUT2D eigenvalue weighted by atomic mass is 16.6. The van der Waals surface area contributed by atoms with E-state index in [0.29, 0.717) is 0 Å². The molecule has 146 valence electrons. The van der Waals surface area contributed by atoms with Gasteiger partial charge in [0, 0.05) is 12.1 Å². The standard InChI is InChI=1S/C21H28N2O4/c1-2-19(21-10-14-7-15(11-21)9-16(8-14)12-21)22-20(24)13-27-18-6-4-3-5-17(18)23(25)26/h3-6,14-16,19H,2,7-13H2,1H3,(H,22,24). The molecule has 0 heterocycles. The molecule has 0 saturated heterocycles. The van der Waals surface area contributed by atoms with Crippen molar-refractivity contribution in [3.05, 3.63) is 34.4 Å². The van der Waals surface area contributed by atoms with E-state index in [-0.39, 0.29) is 35.4 Å². The van der Waals surface area contributed by atoms with Gasteiger partial charge in [0.05, 0.1) is 4.92 Å². The Morgan fingerprint density at radius 1 is 1.22 bits per heavy atom. The van der Waals surface area contributed by atoms with Crippen molar-refractivity contribution >= 4 is 11.6 Å². The predicted octanol–water partition coefficient (Wildman–Crippen LogP) is 4.08. The Morgan fingerprint density at radius 2 is 1.81 bits per heavy atom. The van der Waals surface area contributed by atoms with Crippen molar-refractivity contribution < 1.29 is 14.5 Å². The number of nitrogens with zero attached hydrogens (tertiary/aromatic N) is 1. The SMILES string of the molecule is CCC(NC(=O)COc1ccccc1[N+](=O)[O-])C12CC3CC(CC(C3)C1)C2. The quantitative estimate of drug-likeness (QED) is 0.577. The monoisotopic (exact) mass is 372 g/mol. The molecule has 1 atom stereocenters. The van der Waals surface area contributed by atoms with Gasteiger partial charge in [-0.15, -0.1) is 0 Å².